The maximum absolute atomic E-state index is 13.2. The highest BCUT2D eigenvalue weighted by molar-refractivity contribution is 7.80. The highest BCUT2D eigenvalue weighted by atomic mass is 32.1. The number of anilines is 1. The fourth-order valence-corrected chi connectivity index (χ4v) is 3.74. The molecule has 2 aromatic carbocycles. The third-order valence-corrected chi connectivity index (χ3v) is 5.32. The van der Waals surface area contributed by atoms with Crippen molar-refractivity contribution in [1.82, 2.24) is 10.6 Å². The molecule has 3 aromatic rings. The van der Waals surface area contributed by atoms with E-state index in [2.05, 4.69) is 16.0 Å². The van der Waals surface area contributed by atoms with E-state index in [-0.39, 0.29) is 17.5 Å². The van der Waals surface area contributed by atoms with Crippen molar-refractivity contribution in [2.75, 3.05) is 5.32 Å². The molecule has 2 heterocycles. The fraction of sp³-hybridized carbons (Fsp3) is 0.125. The molecule has 1 aliphatic rings. The number of halogens is 1. The van der Waals surface area contributed by atoms with E-state index in [0.717, 1.165) is 5.56 Å². The molecule has 1 amide bonds. The molecule has 162 valence electrons. The molecule has 4 rings (SSSR count). The maximum atomic E-state index is 13.2. The number of furan rings is 1. The van der Waals surface area contributed by atoms with E-state index in [4.69, 9.17) is 16.6 Å². The third kappa shape index (κ3) is 4.45. The van der Waals surface area contributed by atoms with Gasteiger partial charge in [-0.3, -0.25) is 9.59 Å². The van der Waals surface area contributed by atoms with E-state index in [1.807, 2.05) is 12.1 Å². The smallest absolute Gasteiger partial charge is 0.255 e. The minimum Gasteiger partial charge on any atom is -0.459 e. The Kier molecular flexibility index (Phi) is 5.87. The minimum atomic E-state index is -0.616. The second-order valence-electron chi connectivity index (χ2n) is 7.37. The molecule has 1 aliphatic heterocycles. The van der Waals surface area contributed by atoms with Gasteiger partial charge >= 0.3 is 0 Å². The Balaban J connectivity index is 1.62. The van der Waals surface area contributed by atoms with Gasteiger partial charge in [-0.2, -0.15) is 0 Å². The quantitative estimate of drug-likeness (QED) is 0.386. The monoisotopic (exact) mass is 449 g/mol. The summed E-state index contributed by atoms with van der Waals surface area (Å²) < 4.78 is 19.2. The summed E-state index contributed by atoms with van der Waals surface area (Å²) in [7, 11) is 0. The molecule has 1 atom stereocenters. The Labute approximate surface area is 189 Å². The Morgan fingerprint density at radius 2 is 1.72 bits per heavy atom. The van der Waals surface area contributed by atoms with Crippen LogP contribution in [0.5, 0.6) is 0 Å². The molecule has 0 bridgehead atoms. The van der Waals surface area contributed by atoms with Gasteiger partial charge in [0.2, 0.25) is 0 Å². The molecule has 32 heavy (non-hydrogen) atoms. The molecule has 6 nitrogen and oxygen atoms in total. The van der Waals surface area contributed by atoms with Crippen LogP contribution in [-0.2, 0) is 4.79 Å². The number of benzene rings is 2. The predicted octanol–water partition coefficient (Wildman–Crippen LogP) is 4.72. The highest BCUT2D eigenvalue weighted by Crippen LogP contribution is 2.32. The minimum absolute atomic E-state index is 0.0125. The summed E-state index contributed by atoms with van der Waals surface area (Å²) >= 11 is 5.28. The van der Waals surface area contributed by atoms with Gasteiger partial charge in [0.25, 0.3) is 5.91 Å². The summed E-state index contributed by atoms with van der Waals surface area (Å²) in [6, 6.07) is 15.6. The Morgan fingerprint density at radius 1 is 1.03 bits per heavy atom. The number of hydrogen-bond donors (Lipinski definition) is 3. The van der Waals surface area contributed by atoms with E-state index in [9.17, 15) is 14.0 Å². The number of carbonyl (C=O) groups is 2. The van der Waals surface area contributed by atoms with Crippen molar-refractivity contribution >= 4 is 34.7 Å². The maximum Gasteiger partial charge on any atom is 0.255 e. The molecule has 0 radical (unpaired) electrons. The van der Waals surface area contributed by atoms with Gasteiger partial charge in [-0.1, -0.05) is 24.3 Å². The molecule has 0 spiro atoms. The lowest BCUT2D eigenvalue weighted by Gasteiger charge is -2.28. The summed E-state index contributed by atoms with van der Waals surface area (Å²) in [4.78, 5) is 24.6. The number of nitrogens with one attached hydrogen (secondary N) is 3. The molecular formula is C24H20FN3O3S. The molecule has 0 aliphatic carbocycles. The normalized spacial score (nSPS) is 15.7. The van der Waals surface area contributed by atoms with Crippen LogP contribution in [0.15, 0.2) is 76.4 Å². The van der Waals surface area contributed by atoms with Gasteiger partial charge in [-0.05, 0) is 62.5 Å². The van der Waals surface area contributed by atoms with Crippen LogP contribution in [0.2, 0.25) is 0 Å². The fourth-order valence-electron chi connectivity index (χ4n) is 3.47. The van der Waals surface area contributed by atoms with Gasteiger partial charge in [-0.25, -0.2) is 4.39 Å². The molecular weight excluding hydrogens is 429 g/mol. The lowest BCUT2D eigenvalue weighted by molar-refractivity contribution is -0.113. The number of allylic oxidation sites excluding steroid dienone is 1. The average molecular weight is 450 g/mol. The van der Waals surface area contributed by atoms with Crippen LogP contribution in [0.4, 0.5) is 10.1 Å². The second kappa shape index (κ2) is 8.76. The van der Waals surface area contributed by atoms with Gasteiger partial charge in [-0.15, -0.1) is 0 Å². The van der Waals surface area contributed by atoms with E-state index in [1.54, 1.807) is 31.2 Å². The van der Waals surface area contributed by atoms with Crippen molar-refractivity contribution in [2.24, 2.45) is 0 Å². The largest absolute Gasteiger partial charge is 0.459 e. The standard InChI is InChI=1S/C24H20FN3O3S/c1-13-21(23(30)27-18-9-7-17(25)8-10-18)22(28-24(32)26-13)20-12-11-19(31-20)16-5-3-15(4-6-16)14(2)29/h3-12,22H,1-2H3,(H,27,30)(H2,26,28,32)/t22-/m0/s1. The summed E-state index contributed by atoms with van der Waals surface area (Å²) in [5.41, 5.74) is 2.87. The van der Waals surface area contributed by atoms with Crippen LogP contribution in [-0.4, -0.2) is 16.8 Å². The Bertz CT molecular complexity index is 1230. The number of Topliss-reactive ketones (excluding diaryl/α,β-unsaturated/α-hetero) is 1. The first-order valence-corrected chi connectivity index (χ1v) is 10.3. The van der Waals surface area contributed by atoms with Crippen molar-refractivity contribution < 1.29 is 18.4 Å². The zero-order valence-electron chi connectivity index (χ0n) is 17.4. The summed E-state index contributed by atoms with van der Waals surface area (Å²) in [5, 5.41) is 9.20. The summed E-state index contributed by atoms with van der Waals surface area (Å²) in [6.45, 7) is 3.27. The first-order valence-electron chi connectivity index (χ1n) is 9.88. The second-order valence-corrected chi connectivity index (χ2v) is 7.77. The number of amides is 1. The van der Waals surface area contributed by atoms with Gasteiger partial charge in [0, 0.05) is 22.5 Å². The number of hydrogen-bond acceptors (Lipinski definition) is 4. The van der Waals surface area contributed by atoms with E-state index < -0.39 is 6.04 Å². The molecule has 0 saturated carbocycles. The van der Waals surface area contributed by atoms with Gasteiger partial charge in [0.1, 0.15) is 23.4 Å². The molecule has 0 saturated heterocycles. The van der Waals surface area contributed by atoms with Crippen molar-refractivity contribution in [3.05, 3.63) is 89.1 Å². The van der Waals surface area contributed by atoms with Crippen LogP contribution in [0.3, 0.4) is 0 Å². The zero-order chi connectivity index (χ0) is 22.8. The van der Waals surface area contributed by atoms with E-state index >= 15 is 0 Å². The first kappa shape index (κ1) is 21.5. The highest BCUT2D eigenvalue weighted by Gasteiger charge is 2.32. The number of carbonyl (C=O) groups excluding carboxylic acids is 2. The lowest BCUT2D eigenvalue weighted by atomic mass is 10.00. The Hall–Kier alpha value is -3.78. The number of ketones is 1. The van der Waals surface area contributed by atoms with Gasteiger partial charge < -0.3 is 20.4 Å². The summed E-state index contributed by atoms with van der Waals surface area (Å²) in [6.07, 6.45) is 0. The molecule has 8 heteroatoms. The Morgan fingerprint density at radius 3 is 2.38 bits per heavy atom. The topological polar surface area (TPSA) is 83.4 Å². The van der Waals surface area contributed by atoms with Crippen LogP contribution in [0.1, 0.15) is 36.0 Å². The lowest BCUT2D eigenvalue weighted by Crippen LogP contribution is -2.45. The SMILES string of the molecule is CC(=O)c1ccc(-c2ccc([C@@H]3NC(=S)NC(C)=C3C(=O)Nc3ccc(F)cc3)o2)cc1. The predicted molar refractivity (Wildman–Crippen MR) is 123 cm³/mol. The van der Waals surface area contributed by atoms with Crippen LogP contribution in [0, 0.1) is 5.82 Å². The zero-order valence-corrected chi connectivity index (χ0v) is 18.2. The van der Waals surface area contributed by atoms with Gasteiger partial charge in [0.05, 0.1) is 5.57 Å². The average Bonchev–Trinajstić information content (AvgIpc) is 3.25. The molecule has 3 N–H and O–H groups in total. The van der Waals surface area contributed by atoms with Crippen LogP contribution < -0.4 is 16.0 Å². The van der Waals surface area contributed by atoms with E-state index in [0.29, 0.717) is 39.2 Å². The van der Waals surface area contributed by atoms with Crippen LogP contribution >= 0.6 is 12.2 Å². The number of rotatable bonds is 5. The molecule has 0 unspecified atom stereocenters. The number of thiocarbonyl (C=S) groups is 1. The van der Waals surface area contributed by atoms with Crippen molar-refractivity contribution in [3.8, 4) is 11.3 Å². The molecule has 0 fully saturated rings. The van der Waals surface area contributed by atoms with Crippen molar-refractivity contribution in [2.45, 2.75) is 19.9 Å². The van der Waals surface area contributed by atoms with Gasteiger partial charge in [0.15, 0.2) is 10.9 Å². The third-order valence-electron chi connectivity index (χ3n) is 5.10. The van der Waals surface area contributed by atoms with E-state index in [1.165, 1.54) is 31.2 Å². The summed E-state index contributed by atoms with van der Waals surface area (Å²) in [5.74, 6) is 0.328. The van der Waals surface area contributed by atoms with Crippen LogP contribution in [0.25, 0.3) is 11.3 Å². The van der Waals surface area contributed by atoms with Crippen molar-refractivity contribution in [1.29, 1.82) is 0 Å². The molecule has 1 aromatic heterocycles. The van der Waals surface area contributed by atoms with Crippen molar-refractivity contribution in [3.63, 3.8) is 0 Å². The first-order chi connectivity index (χ1) is 15.3.